The first-order valence-corrected chi connectivity index (χ1v) is 6.78. The van der Waals surface area contributed by atoms with Crippen LogP contribution in [0, 0.1) is 0 Å². The first-order valence-electron chi connectivity index (χ1n) is 6.78. The Labute approximate surface area is 120 Å². The van der Waals surface area contributed by atoms with Crippen LogP contribution >= 0.6 is 0 Å². The van der Waals surface area contributed by atoms with Crippen molar-refractivity contribution in [2.45, 2.75) is 26.6 Å². The normalized spacial score (nSPS) is 13.1. The van der Waals surface area contributed by atoms with Crippen LogP contribution in [-0.2, 0) is 6.61 Å². The Bertz CT molecular complexity index is 554. The summed E-state index contributed by atoms with van der Waals surface area (Å²) in [6, 6.07) is 18.0. The van der Waals surface area contributed by atoms with E-state index in [0.717, 1.165) is 22.4 Å². The third-order valence-corrected chi connectivity index (χ3v) is 3.18. The van der Waals surface area contributed by atoms with Crippen molar-refractivity contribution in [3.8, 4) is 5.75 Å². The highest BCUT2D eigenvalue weighted by molar-refractivity contribution is 5.54. The Kier molecular flexibility index (Phi) is 4.97. The Morgan fingerprint density at radius 1 is 1.10 bits per heavy atom. The van der Waals surface area contributed by atoms with Gasteiger partial charge in [0.2, 0.25) is 0 Å². The molecule has 2 aromatic rings. The maximum atomic E-state index is 9.45. The quantitative estimate of drug-likeness (QED) is 0.886. The van der Waals surface area contributed by atoms with Crippen molar-refractivity contribution in [3.63, 3.8) is 0 Å². The average Bonchev–Trinajstić information content (AvgIpc) is 2.47. The lowest BCUT2D eigenvalue weighted by molar-refractivity contribution is 0.232. The fraction of sp³-hybridized carbons (Fsp3) is 0.222. The highest BCUT2D eigenvalue weighted by Crippen LogP contribution is 2.16. The molecule has 0 aliphatic carbocycles. The van der Waals surface area contributed by atoms with E-state index in [9.17, 15) is 5.11 Å². The summed E-state index contributed by atoms with van der Waals surface area (Å²) in [5.74, 6) is 0.848. The van der Waals surface area contributed by atoms with E-state index in [1.54, 1.807) is 6.92 Å². The predicted molar refractivity (Wildman–Crippen MR) is 82.5 cm³/mol. The van der Waals surface area contributed by atoms with Crippen LogP contribution < -0.4 is 4.74 Å². The molecule has 0 heterocycles. The highest BCUT2D eigenvalue weighted by Gasteiger charge is 1.99. The molecule has 0 aromatic heterocycles. The maximum absolute atomic E-state index is 9.45. The van der Waals surface area contributed by atoms with Crippen molar-refractivity contribution >= 4 is 6.08 Å². The second-order valence-corrected chi connectivity index (χ2v) is 4.91. The Hall–Kier alpha value is -2.06. The molecule has 0 radical (unpaired) electrons. The minimum absolute atomic E-state index is 0.413. The number of ether oxygens (including phenoxy) is 1. The molecule has 2 aromatic carbocycles. The first kappa shape index (κ1) is 14.4. The molecule has 0 aliphatic heterocycles. The Balaban J connectivity index is 1.97. The monoisotopic (exact) mass is 268 g/mol. The van der Waals surface area contributed by atoms with Gasteiger partial charge in [-0.3, -0.25) is 0 Å². The lowest BCUT2D eigenvalue weighted by Gasteiger charge is -2.07. The fourth-order valence-electron chi connectivity index (χ4n) is 1.78. The van der Waals surface area contributed by atoms with E-state index in [0.29, 0.717) is 6.61 Å². The van der Waals surface area contributed by atoms with Gasteiger partial charge < -0.3 is 9.84 Å². The molecule has 0 fully saturated rings. The van der Waals surface area contributed by atoms with Crippen LogP contribution in [0.15, 0.2) is 60.2 Å². The Morgan fingerprint density at radius 2 is 1.75 bits per heavy atom. The van der Waals surface area contributed by atoms with Crippen LogP contribution in [0.25, 0.3) is 6.08 Å². The molecule has 0 spiro atoms. The van der Waals surface area contributed by atoms with Gasteiger partial charge in [0.25, 0.3) is 0 Å². The van der Waals surface area contributed by atoms with Gasteiger partial charge in [0.15, 0.2) is 0 Å². The van der Waals surface area contributed by atoms with E-state index in [1.165, 1.54) is 0 Å². The zero-order valence-corrected chi connectivity index (χ0v) is 11.9. The van der Waals surface area contributed by atoms with Gasteiger partial charge in [-0.1, -0.05) is 48.5 Å². The molecule has 0 aliphatic rings. The van der Waals surface area contributed by atoms with Crippen molar-refractivity contribution in [1.29, 1.82) is 0 Å². The smallest absolute Gasteiger partial charge is 0.119 e. The van der Waals surface area contributed by atoms with Crippen LogP contribution in [0.5, 0.6) is 5.75 Å². The summed E-state index contributed by atoms with van der Waals surface area (Å²) in [4.78, 5) is 0. The molecule has 0 bridgehead atoms. The maximum Gasteiger partial charge on any atom is 0.119 e. The Morgan fingerprint density at radius 3 is 2.35 bits per heavy atom. The number of aliphatic hydroxyl groups is 1. The molecular formula is C18H20O2. The zero-order valence-electron chi connectivity index (χ0n) is 11.9. The van der Waals surface area contributed by atoms with Gasteiger partial charge in [-0.05, 0) is 42.7 Å². The first-order chi connectivity index (χ1) is 9.65. The zero-order chi connectivity index (χ0) is 14.4. The van der Waals surface area contributed by atoms with E-state index in [4.69, 9.17) is 4.74 Å². The van der Waals surface area contributed by atoms with Gasteiger partial charge in [0.1, 0.15) is 12.4 Å². The summed E-state index contributed by atoms with van der Waals surface area (Å²) in [6.07, 6.45) is 1.56. The molecule has 1 N–H and O–H groups in total. The molecule has 0 amide bonds. The molecular weight excluding hydrogens is 248 g/mol. The van der Waals surface area contributed by atoms with Crippen molar-refractivity contribution in [3.05, 3.63) is 71.3 Å². The molecule has 0 saturated carbocycles. The number of hydrogen-bond donors (Lipinski definition) is 1. The van der Waals surface area contributed by atoms with Crippen molar-refractivity contribution < 1.29 is 9.84 Å². The van der Waals surface area contributed by atoms with Crippen LogP contribution in [0.4, 0.5) is 0 Å². The van der Waals surface area contributed by atoms with Crippen molar-refractivity contribution in [1.82, 2.24) is 0 Å². The molecule has 2 nitrogen and oxygen atoms in total. The minimum Gasteiger partial charge on any atom is -0.489 e. The van der Waals surface area contributed by atoms with Gasteiger partial charge in [0, 0.05) is 0 Å². The topological polar surface area (TPSA) is 29.5 Å². The van der Waals surface area contributed by atoms with Gasteiger partial charge in [0.05, 0.1) is 6.10 Å². The lowest BCUT2D eigenvalue weighted by atomic mass is 10.1. The summed E-state index contributed by atoms with van der Waals surface area (Å²) in [5, 5.41) is 9.45. The lowest BCUT2D eigenvalue weighted by Crippen LogP contribution is -2.00. The summed E-state index contributed by atoms with van der Waals surface area (Å²) < 4.78 is 5.73. The van der Waals surface area contributed by atoms with Gasteiger partial charge in [-0.2, -0.15) is 0 Å². The molecule has 1 unspecified atom stereocenters. The third-order valence-electron chi connectivity index (χ3n) is 3.18. The average molecular weight is 268 g/mol. The van der Waals surface area contributed by atoms with Gasteiger partial charge >= 0.3 is 0 Å². The molecule has 1 atom stereocenters. The van der Waals surface area contributed by atoms with E-state index in [2.05, 4.69) is 0 Å². The number of benzene rings is 2. The summed E-state index contributed by atoms with van der Waals surface area (Å²) in [6.45, 7) is 4.26. The number of aliphatic hydroxyl groups excluding tert-OH is 1. The van der Waals surface area contributed by atoms with E-state index < -0.39 is 6.10 Å². The molecule has 0 saturated heterocycles. The summed E-state index contributed by atoms with van der Waals surface area (Å²) in [5.41, 5.74) is 3.17. The van der Waals surface area contributed by atoms with Crippen LogP contribution in [-0.4, -0.2) is 11.2 Å². The highest BCUT2D eigenvalue weighted by atomic mass is 16.5. The van der Waals surface area contributed by atoms with E-state index in [1.807, 2.05) is 67.6 Å². The number of hydrogen-bond acceptors (Lipinski definition) is 2. The molecule has 2 rings (SSSR count). The van der Waals surface area contributed by atoms with Gasteiger partial charge in [-0.25, -0.2) is 0 Å². The third kappa shape index (κ3) is 4.25. The second-order valence-electron chi connectivity index (χ2n) is 4.91. The van der Waals surface area contributed by atoms with Crippen LogP contribution in [0.3, 0.4) is 0 Å². The standard InChI is InChI=1S/C18H20O2/c1-14(15(2)19)12-16-8-10-18(11-9-16)20-13-17-6-4-3-5-7-17/h3-12,15,19H,13H2,1-2H3/b14-12+. The molecule has 104 valence electrons. The predicted octanol–water partition coefficient (Wildman–Crippen LogP) is 4.05. The van der Waals surface area contributed by atoms with E-state index >= 15 is 0 Å². The largest absolute Gasteiger partial charge is 0.489 e. The SMILES string of the molecule is C/C(=C\c1ccc(OCc2ccccc2)cc1)C(C)O. The van der Waals surface area contributed by atoms with Crippen molar-refractivity contribution in [2.24, 2.45) is 0 Å². The van der Waals surface area contributed by atoms with E-state index in [-0.39, 0.29) is 0 Å². The number of rotatable bonds is 5. The second kappa shape index (κ2) is 6.92. The minimum atomic E-state index is -0.413. The fourth-order valence-corrected chi connectivity index (χ4v) is 1.78. The molecule has 20 heavy (non-hydrogen) atoms. The van der Waals surface area contributed by atoms with Gasteiger partial charge in [-0.15, -0.1) is 0 Å². The van der Waals surface area contributed by atoms with Crippen molar-refractivity contribution in [2.75, 3.05) is 0 Å². The molecule has 2 heteroatoms. The summed E-state index contributed by atoms with van der Waals surface area (Å²) >= 11 is 0. The van der Waals surface area contributed by atoms with Crippen LogP contribution in [0.1, 0.15) is 25.0 Å². The summed E-state index contributed by atoms with van der Waals surface area (Å²) in [7, 11) is 0. The van der Waals surface area contributed by atoms with Crippen LogP contribution in [0.2, 0.25) is 0 Å².